The predicted octanol–water partition coefficient (Wildman–Crippen LogP) is -0.0290. The minimum Gasteiger partial charge on any atom is -0.372 e. The molecule has 2 N–H and O–H groups in total. The molecule has 0 aliphatic carbocycles. The number of methoxy groups -OCH3 is 1. The Bertz CT molecular complexity index is 184. The lowest BCUT2D eigenvalue weighted by atomic mass is 10.2. The van der Waals surface area contributed by atoms with Gasteiger partial charge in [0.1, 0.15) is 6.10 Å². The molecule has 76 valence electrons. The summed E-state index contributed by atoms with van der Waals surface area (Å²) >= 11 is 0. The first-order chi connectivity index (χ1) is 6.20. The summed E-state index contributed by atoms with van der Waals surface area (Å²) in [5.74, 6) is 0.0652. The van der Waals surface area contributed by atoms with Crippen molar-refractivity contribution in [3.05, 3.63) is 0 Å². The van der Waals surface area contributed by atoms with Crippen molar-refractivity contribution in [2.24, 2.45) is 5.73 Å². The second kappa shape index (κ2) is 4.58. The first-order valence-corrected chi connectivity index (χ1v) is 4.74. The van der Waals surface area contributed by atoms with E-state index >= 15 is 0 Å². The fourth-order valence-corrected chi connectivity index (χ4v) is 1.71. The molecule has 0 aromatic rings. The van der Waals surface area contributed by atoms with Crippen LogP contribution in [-0.2, 0) is 9.53 Å². The molecule has 2 atom stereocenters. The molecule has 1 heterocycles. The Labute approximate surface area is 79.0 Å². The molecule has 0 saturated carbocycles. The third-order valence-electron chi connectivity index (χ3n) is 2.63. The topological polar surface area (TPSA) is 55.6 Å². The van der Waals surface area contributed by atoms with Crippen LogP contribution in [0, 0.1) is 0 Å². The number of hydrogen-bond acceptors (Lipinski definition) is 3. The summed E-state index contributed by atoms with van der Waals surface area (Å²) in [6.07, 6.45) is 1.75. The molecule has 1 aliphatic heterocycles. The zero-order valence-corrected chi connectivity index (χ0v) is 8.32. The van der Waals surface area contributed by atoms with E-state index in [1.54, 1.807) is 14.0 Å². The average Bonchev–Trinajstić information content (AvgIpc) is 2.62. The van der Waals surface area contributed by atoms with E-state index in [4.69, 9.17) is 10.5 Å². The third kappa shape index (κ3) is 2.19. The van der Waals surface area contributed by atoms with E-state index in [0.29, 0.717) is 6.54 Å². The number of rotatable bonds is 3. The van der Waals surface area contributed by atoms with Crippen molar-refractivity contribution in [3.8, 4) is 0 Å². The second-order valence-corrected chi connectivity index (χ2v) is 3.44. The average molecular weight is 186 g/mol. The van der Waals surface area contributed by atoms with Crippen LogP contribution < -0.4 is 5.73 Å². The highest BCUT2D eigenvalue weighted by Gasteiger charge is 2.30. The van der Waals surface area contributed by atoms with Gasteiger partial charge in [-0.15, -0.1) is 0 Å². The zero-order chi connectivity index (χ0) is 9.84. The fraction of sp³-hybridized carbons (Fsp3) is 0.889. The summed E-state index contributed by atoms with van der Waals surface area (Å²) in [6.45, 7) is 3.16. The van der Waals surface area contributed by atoms with Gasteiger partial charge in [0.2, 0.25) is 0 Å². The molecule has 1 aliphatic rings. The van der Waals surface area contributed by atoms with Gasteiger partial charge in [-0.2, -0.15) is 0 Å². The Morgan fingerprint density at radius 1 is 1.77 bits per heavy atom. The van der Waals surface area contributed by atoms with Gasteiger partial charge in [-0.25, -0.2) is 0 Å². The molecule has 0 spiro atoms. The van der Waals surface area contributed by atoms with E-state index in [9.17, 15) is 4.79 Å². The highest BCUT2D eigenvalue weighted by atomic mass is 16.5. The summed E-state index contributed by atoms with van der Waals surface area (Å²) in [7, 11) is 1.55. The summed E-state index contributed by atoms with van der Waals surface area (Å²) < 4.78 is 4.99. The number of nitrogens with two attached hydrogens (primary N) is 1. The standard InChI is InChI=1S/C9H18N2O2/c1-7(13-2)9(12)11-5-3-4-8(11)6-10/h7-8H,3-6,10H2,1-2H3. The van der Waals surface area contributed by atoms with E-state index in [1.165, 1.54) is 0 Å². The van der Waals surface area contributed by atoms with Crippen molar-refractivity contribution in [2.45, 2.75) is 31.9 Å². The van der Waals surface area contributed by atoms with Gasteiger partial charge in [0.05, 0.1) is 0 Å². The minimum absolute atomic E-state index is 0.0652. The number of ether oxygens (including phenoxy) is 1. The van der Waals surface area contributed by atoms with Gasteiger partial charge in [0, 0.05) is 26.2 Å². The lowest BCUT2D eigenvalue weighted by Crippen LogP contribution is -2.44. The maximum absolute atomic E-state index is 11.7. The maximum atomic E-state index is 11.7. The number of hydrogen-bond donors (Lipinski definition) is 1. The van der Waals surface area contributed by atoms with Crippen molar-refractivity contribution < 1.29 is 9.53 Å². The number of amides is 1. The fourth-order valence-electron chi connectivity index (χ4n) is 1.71. The summed E-state index contributed by atoms with van der Waals surface area (Å²) in [6, 6.07) is 0.227. The molecule has 1 amide bonds. The number of carbonyl (C=O) groups excluding carboxylic acids is 1. The second-order valence-electron chi connectivity index (χ2n) is 3.44. The van der Waals surface area contributed by atoms with Crippen LogP contribution in [0.3, 0.4) is 0 Å². The molecule has 1 rings (SSSR count). The van der Waals surface area contributed by atoms with Gasteiger partial charge in [-0.05, 0) is 19.8 Å². The summed E-state index contributed by atoms with van der Waals surface area (Å²) in [5.41, 5.74) is 5.57. The first kappa shape index (κ1) is 10.5. The van der Waals surface area contributed by atoms with Crippen LogP contribution in [0.25, 0.3) is 0 Å². The Hall–Kier alpha value is -0.610. The maximum Gasteiger partial charge on any atom is 0.251 e. The molecule has 4 heteroatoms. The number of likely N-dealkylation sites (tertiary alicyclic amines) is 1. The molecule has 0 radical (unpaired) electrons. The van der Waals surface area contributed by atoms with E-state index < -0.39 is 0 Å². The van der Waals surface area contributed by atoms with Crippen LogP contribution in [0.1, 0.15) is 19.8 Å². The van der Waals surface area contributed by atoms with Gasteiger partial charge < -0.3 is 15.4 Å². The van der Waals surface area contributed by atoms with E-state index in [2.05, 4.69) is 0 Å². The molecule has 0 aromatic carbocycles. The first-order valence-electron chi connectivity index (χ1n) is 4.74. The number of carbonyl (C=O) groups is 1. The van der Waals surface area contributed by atoms with Crippen molar-refractivity contribution in [3.63, 3.8) is 0 Å². The van der Waals surface area contributed by atoms with Crippen molar-refractivity contribution >= 4 is 5.91 Å². The minimum atomic E-state index is -0.341. The van der Waals surface area contributed by atoms with Crippen LogP contribution in [-0.4, -0.2) is 43.2 Å². The monoisotopic (exact) mass is 186 g/mol. The molecule has 1 fully saturated rings. The van der Waals surface area contributed by atoms with Gasteiger partial charge in [0.25, 0.3) is 5.91 Å². The normalized spacial score (nSPS) is 24.8. The van der Waals surface area contributed by atoms with Gasteiger partial charge in [-0.3, -0.25) is 4.79 Å². The van der Waals surface area contributed by atoms with Crippen LogP contribution in [0.4, 0.5) is 0 Å². The van der Waals surface area contributed by atoms with Gasteiger partial charge in [0.15, 0.2) is 0 Å². The number of nitrogens with zero attached hydrogens (tertiary/aromatic N) is 1. The largest absolute Gasteiger partial charge is 0.372 e. The van der Waals surface area contributed by atoms with E-state index in [-0.39, 0.29) is 18.1 Å². The molecular weight excluding hydrogens is 168 g/mol. The lowest BCUT2D eigenvalue weighted by molar-refractivity contribution is -0.141. The van der Waals surface area contributed by atoms with Crippen molar-refractivity contribution in [1.82, 2.24) is 4.90 Å². The third-order valence-corrected chi connectivity index (χ3v) is 2.63. The molecular formula is C9H18N2O2. The summed E-state index contributed by atoms with van der Waals surface area (Å²) in [4.78, 5) is 13.5. The Kier molecular flexibility index (Phi) is 3.69. The van der Waals surface area contributed by atoms with Crippen LogP contribution in [0.2, 0.25) is 0 Å². The highest BCUT2D eigenvalue weighted by molar-refractivity contribution is 5.81. The molecule has 13 heavy (non-hydrogen) atoms. The van der Waals surface area contributed by atoms with Gasteiger partial charge >= 0.3 is 0 Å². The molecule has 4 nitrogen and oxygen atoms in total. The Balaban J connectivity index is 2.54. The van der Waals surface area contributed by atoms with Crippen molar-refractivity contribution in [1.29, 1.82) is 0 Å². The SMILES string of the molecule is COC(C)C(=O)N1CCCC1CN. The molecule has 1 saturated heterocycles. The van der Waals surface area contributed by atoms with Crippen LogP contribution >= 0.6 is 0 Å². The van der Waals surface area contributed by atoms with Crippen LogP contribution in [0.5, 0.6) is 0 Å². The molecule has 0 aromatic heterocycles. The zero-order valence-electron chi connectivity index (χ0n) is 8.32. The Morgan fingerprint density at radius 2 is 2.46 bits per heavy atom. The van der Waals surface area contributed by atoms with Gasteiger partial charge in [-0.1, -0.05) is 0 Å². The molecule has 0 bridgehead atoms. The van der Waals surface area contributed by atoms with E-state index in [0.717, 1.165) is 19.4 Å². The van der Waals surface area contributed by atoms with E-state index in [1.807, 2.05) is 4.90 Å². The smallest absolute Gasteiger partial charge is 0.251 e. The summed E-state index contributed by atoms with van der Waals surface area (Å²) in [5, 5.41) is 0. The van der Waals surface area contributed by atoms with Crippen molar-refractivity contribution in [2.75, 3.05) is 20.2 Å². The Morgan fingerprint density at radius 3 is 3.00 bits per heavy atom. The quantitative estimate of drug-likeness (QED) is 0.673. The highest BCUT2D eigenvalue weighted by Crippen LogP contribution is 2.17. The van der Waals surface area contributed by atoms with Crippen LogP contribution in [0.15, 0.2) is 0 Å². The predicted molar refractivity (Wildman–Crippen MR) is 50.3 cm³/mol. The lowest BCUT2D eigenvalue weighted by Gasteiger charge is -2.25. The molecule has 2 unspecified atom stereocenters.